The van der Waals surface area contributed by atoms with Crippen molar-refractivity contribution in [3.8, 4) is 0 Å². The van der Waals surface area contributed by atoms with Crippen LogP contribution in [0.1, 0.15) is 16.1 Å². The molecule has 100 valence electrons. The number of thiophene rings is 1. The number of rotatable bonds is 3. The van der Waals surface area contributed by atoms with E-state index < -0.39 is 5.97 Å². The Kier molecular flexibility index (Phi) is 3.00. The highest BCUT2D eigenvalue weighted by Crippen LogP contribution is 2.40. The van der Waals surface area contributed by atoms with Gasteiger partial charge in [0.05, 0.1) is 5.57 Å². The molecule has 0 saturated heterocycles. The van der Waals surface area contributed by atoms with Crippen LogP contribution < -0.4 is 5.32 Å². The van der Waals surface area contributed by atoms with Crippen LogP contribution in [0, 0.1) is 0 Å². The third kappa shape index (κ3) is 2.28. The van der Waals surface area contributed by atoms with Crippen LogP contribution in [0.4, 0.5) is 5.00 Å². The van der Waals surface area contributed by atoms with Gasteiger partial charge < -0.3 is 15.4 Å². The van der Waals surface area contributed by atoms with E-state index in [4.69, 9.17) is 5.11 Å². The molecule has 0 unspecified atom stereocenters. The number of H-pyrrole nitrogens is 1. The van der Waals surface area contributed by atoms with Crippen LogP contribution in [0.2, 0.25) is 0 Å². The first-order chi connectivity index (χ1) is 9.63. The Morgan fingerprint density at radius 1 is 1.40 bits per heavy atom. The van der Waals surface area contributed by atoms with Crippen molar-refractivity contribution in [2.75, 3.05) is 5.32 Å². The number of aliphatic carboxylic acids is 1. The maximum atomic E-state index is 11.9. The van der Waals surface area contributed by atoms with Crippen LogP contribution >= 0.6 is 11.3 Å². The van der Waals surface area contributed by atoms with Crippen molar-refractivity contribution in [3.05, 3.63) is 46.6 Å². The minimum Gasteiger partial charge on any atom is -0.478 e. The predicted octanol–water partition coefficient (Wildman–Crippen LogP) is 2.67. The average molecular weight is 286 g/mol. The lowest BCUT2D eigenvalue weighted by atomic mass is 10.1. The van der Waals surface area contributed by atoms with Gasteiger partial charge in [0.15, 0.2) is 0 Å². The van der Waals surface area contributed by atoms with Gasteiger partial charge in [-0.15, -0.1) is 11.3 Å². The molecule has 5 nitrogen and oxygen atoms in total. The van der Waals surface area contributed by atoms with Gasteiger partial charge in [0.2, 0.25) is 0 Å². The Labute approximate surface area is 118 Å². The smallest absolute Gasteiger partial charge is 0.328 e. The number of amides is 1. The Balaban J connectivity index is 1.97. The number of hydrogen-bond donors (Lipinski definition) is 3. The summed E-state index contributed by atoms with van der Waals surface area (Å²) in [6.07, 6.45) is 6.16. The van der Waals surface area contributed by atoms with Crippen LogP contribution in [0.3, 0.4) is 0 Å². The van der Waals surface area contributed by atoms with Gasteiger partial charge in [-0.3, -0.25) is 4.79 Å². The molecule has 1 aliphatic heterocycles. The van der Waals surface area contributed by atoms with Gasteiger partial charge >= 0.3 is 5.97 Å². The zero-order chi connectivity index (χ0) is 14.1. The maximum Gasteiger partial charge on any atom is 0.328 e. The summed E-state index contributed by atoms with van der Waals surface area (Å²) in [5.41, 5.74) is 2.23. The highest BCUT2D eigenvalue weighted by molar-refractivity contribution is 7.17. The fourth-order valence-corrected chi connectivity index (χ4v) is 2.94. The van der Waals surface area contributed by atoms with E-state index >= 15 is 0 Å². The summed E-state index contributed by atoms with van der Waals surface area (Å²) in [4.78, 5) is 26.2. The van der Waals surface area contributed by atoms with Gasteiger partial charge in [-0.2, -0.15) is 0 Å². The number of nitrogens with one attached hydrogen (secondary N) is 2. The molecular weight excluding hydrogens is 276 g/mol. The molecule has 6 heteroatoms. The zero-order valence-electron chi connectivity index (χ0n) is 10.2. The number of hydrogen-bond acceptors (Lipinski definition) is 3. The van der Waals surface area contributed by atoms with Gasteiger partial charge in [-0.05, 0) is 30.4 Å². The summed E-state index contributed by atoms with van der Waals surface area (Å²) in [5.74, 6) is -1.14. The molecule has 2 aromatic heterocycles. The quantitative estimate of drug-likeness (QED) is 0.759. The highest BCUT2D eigenvalue weighted by Gasteiger charge is 2.26. The number of fused-ring (bicyclic) bond motifs is 1. The standard InChI is InChI=1S/C14H10N2O3S/c17-12(18)4-3-9-7-11-10(6-8-2-1-5-15-8)13(19)16-14(11)20-9/h1-7,15H,(H,16,19)(H,17,18)/b4-3-,10-6?. The van der Waals surface area contributed by atoms with E-state index in [0.717, 1.165) is 27.2 Å². The lowest BCUT2D eigenvalue weighted by Crippen LogP contribution is -2.03. The number of anilines is 1. The Hall–Kier alpha value is -2.60. The molecule has 0 aliphatic carbocycles. The van der Waals surface area contributed by atoms with Crippen molar-refractivity contribution in [3.63, 3.8) is 0 Å². The molecule has 0 saturated carbocycles. The molecule has 1 amide bonds. The van der Waals surface area contributed by atoms with Crippen LogP contribution in [0.25, 0.3) is 17.7 Å². The van der Waals surface area contributed by atoms with Gasteiger partial charge in [-0.1, -0.05) is 0 Å². The van der Waals surface area contributed by atoms with Crippen LogP contribution in [0.5, 0.6) is 0 Å². The van der Waals surface area contributed by atoms with E-state index in [0.29, 0.717) is 5.57 Å². The van der Waals surface area contributed by atoms with E-state index in [1.165, 1.54) is 17.4 Å². The second-order valence-electron chi connectivity index (χ2n) is 4.20. The van der Waals surface area contributed by atoms with E-state index in [1.807, 2.05) is 18.2 Å². The first-order valence-corrected chi connectivity index (χ1v) is 6.67. The van der Waals surface area contributed by atoms with E-state index in [2.05, 4.69) is 10.3 Å². The van der Waals surface area contributed by atoms with Crippen molar-refractivity contribution in [1.29, 1.82) is 0 Å². The molecule has 3 rings (SSSR count). The summed E-state index contributed by atoms with van der Waals surface area (Å²) in [6, 6.07) is 5.54. The summed E-state index contributed by atoms with van der Waals surface area (Å²) in [5, 5.41) is 12.2. The summed E-state index contributed by atoms with van der Waals surface area (Å²) < 4.78 is 0. The van der Waals surface area contributed by atoms with E-state index in [1.54, 1.807) is 12.3 Å². The minimum absolute atomic E-state index is 0.144. The normalized spacial score (nSPS) is 15.8. The van der Waals surface area contributed by atoms with Gasteiger partial charge in [0, 0.05) is 28.4 Å². The number of carbonyl (C=O) groups excluding carboxylic acids is 1. The largest absolute Gasteiger partial charge is 0.478 e. The number of carboxylic acid groups (broad SMARTS) is 1. The number of carbonyl (C=O) groups is 2. The monoisotopic (exact) mass is 286 g/mol. The Morgan fingerprint density at radius 2 is 2.25 bits per heavy atom. The second-order valence-corrected chi connectivity index (χ2v) is 5.28. The second kappa shape index (κ2) is 4.82. The fourth-order valence-electron chi connectivity index (χ4n) is 1.96. The van der Waals surface area contributed by atoms with Crippen LogP contribution in [-0.4, -0.2) is 22.0 Å². The minimum atomic E-state index is -0.996. The lowest BCUT2D eigenvalue weighted by Gasteiger charge is -1.94. The van der Waals surface area contributed by atoms with Crippen molar-refractivity contribution >= 4 is 45.9 Å². The summed E-state index contributed by atoms with van der Waals surface area (Å²) >= 11 is 1.35. The molecule has 0 atom stereocenters. The van der Waals surface area contributed by atoms with Gasteiger partial charge in [0.25, 0.3) is 5.91 Å². The van der Waals surface area contributed by atoms with Crippen molar-refractivity contribution in [1.82, 2.24) is 4.98 Å². The van der Waals surface area contributed by atoms with Crippen LogP contribution in [0.15, 0.2) is 30.5 Å². The SMILES string of the molecule is O=C(O)/C=C\c1cc2c(s1)NC(=O)C2=Cc1ccc[nH]1. The molecule has 0 bridgehead atoms. The Morgan fingerprint density at radius 3 is 2.95 bits per heavy atom. The number of aromatic nitrogens is 1. The number of aromatic amines is 1. The van der Waals surface area contributed by atoms with Gasteiger partial charge in [0.1, 0.15) is 5.00 Å². The first kappa shape index (κ1) is 12.4. The molecule has 20 heavy (non-hydrogen) atoms. The third-order valence-corrected chi connectivity index (χ3v) is 3.84. The van der Waals surface area contributed by atoms with E-state index in [-0.39, 0.29) is 5.91 Å². The zero-order valence-corrected chi connectivity index (χ0v) is 11.0. The average Bonchev–Trinajstić information content (AvgIpc) is 3.07. The first-order valence-electron chi connectivity index (χ1n) is 5.85. The molecular formula is C14H10N2O3S. The van der Waals surface area contributed by atoms with E-state index in [9.17, 15) is 9.59 Å². The molecule has 3 heterocycles. The topological polar surface area (TPSA) is 82.2 Å². The molecule has 3 N–H and O–H groups in total. The lowest BCUT2D eigenvalue weighted by molar-refractivity contribution is -0.131. The fraction of sp³-hybridized carbons (Fsp3) is 0. The summed E-state index contributed by atoms with van der Waals surface area (Å²) in [7, 11) is 0. The van der Waals surface area contributed by atoms with Gasteiger partial charge in [-0.25, -0.2) is 4.79 Å². The maximum absolute atomic E-state index is 11.9. The number of carboxylic acids is 1. The molecule has 0 fully saturated rings. The molecule has 0 radical (unpaired) electrons. The van der Waals surface area contributed by atoms with Crippen molar-refractivity contribution in [2.24, 2.45) is 0 Å². The summed E-state index contributed by atoms with van der Waals surface area (Å²) in [6.45, 7) is 0. The highest BCUT2D eigenvalue weighted by atomic mass is 32.1. The van der Waals surface area contributed by atoms with Crippen LogP contribution in [-0.2, 0) is 9.59 Å². The molecule has 0 aromatic carbocycles. The third-order valence-electron chi connectivity index (χ3n) is 2.83. The van der Waals surface area contributed by atoms with Crippen molar-refractivity contribution in [2.45, 2.75) is 0 Å². The molecule has 1 aliphatic rings. The van der Waals surface area contributed by atoms with Crippen molar-refractivity contribution < 1.29 is 14.7 Å². The Bertz CT molecular complexity index is 739. The molecule has 2 aromatic rings. The predicted molar refractivity (Wildman–Crippen MR) is 78.3 cm³/mol. The molecule has 0 spiro atoms.